The highest BCUT2D eigenvalue weighted by Gasteiger charge is 2.17. The van der Waals surface area contributed by atoms with E-state index in [-0.39, 0.29) is 17.7 Å². The Morgan fingerprint density at radius 1 is 1.11 bits per heavy atom. The number of esters is 1. The molecule has 28 heavy (non-hydrogen) atoms. The van der Waals surface area contributed by atoms with Crippen LogP contribution in [-0.2, 0) is 41.5 Å². The second-order valence-corrected chi connectivity index (χ2v) is 6.17. The zero-order valence-corrected chi connectivity index (χ0v) is 15.4. The van der Waals surface area contributed by atoms with Crippen LogP contribution in [0, 0.1) is 0 Å². The molecule has 10 nitrogen and oxygen atoms in total. The zero-order chi connectivity index (χ0) is 20.3. The minimum Gasteiger partial charge on any atom is -0.454 e. The first-order valence-corrected chi connectivity index (χ1v) is 8.45. The van der Waals surface area contributed by atoms with Crippen molar-refractivity contribution in [2.24, 2.45) is 14.1 Å². The average molecular weight is 385 g/mol. The largest absolute Gasteiger partial charge is 0.454 e. The molecule has 2 heterocycles. The summed E-state index contributed by atoms with van der Waals surface area (Å²) in [5, 5.41) is 2.65. The van der Waals surface area contributed by atoms with Gasteiger partial charge in [-0.3, -0.25) is 23.5 Å². The zero-order valence-electron chi connectivity index (χ0n) is 15.4. The molecule has 3 rings (SSSR count). The van der Waals surface area contributed by atoms with Crippen molar-refractivity contribution in [3.8, 4) is 0 Å². The number of benzene rings is 1. The number of carbonyl (C=O) groups is 2. The third-order valence-corrected chi connectivity index (χ3v) is 4.21. The van der Waals surface area contributed by atoms with E-state index in [9.17, 15) is 19.2 Å². The molecule has 0 fully saturated rings. The second kappa shape index (κ2) is 7.91. The number of imidazole rings is 1. The number of aromatic nitrogens is 4. The van der Waals surface area contributed by atoms with Crippen molar-refractivity contribution in [2.75, 3.05) is 6.61 Å². The summed E-state index contributed by atoms with van der Waals surface area (Å²) in [6, 6.07) is 9.32. The van der Waals surface area contributed by atoms with Crippen molar-refractivity contribution in [1.29, 1.82) is 0 Å². The predicted octanol–water partition coefficient (Wildman–Crippen LogP) is -0.707. The highest BCUT2D eigenvalue weighted by molar-refractivity contribution is 5.81. The molecule has 0 saturated heterocycles. The minimum absolute atomic E-state index is 0.107. The van der Waals surface area contributed by atoms with E-state index in [1.165, 1.54) is 29.6 Å². The Balaban J connectivity index is 1.62. The number of amides is 1. The van der Waals surface area contributed by atoms with Gasteiger partial charge in [0.25, 0.3) is 11.5 Å². The summed E-state index contributed by atoms with van der Waals surface area (Å²) < 4.78 is 8.41. The van der Waals surface area contributed by atoms with Crippen molar-refractivity contribution >= 4 is 23.0 Å². The molecule has 0 aliphatic carbocycles. The molecule has 0 aliphatic rings. The van der Waals surface area contributed by atoms with Gasteiger partial charge in [-0.2, -0.15) is 0 Å². The number of carbonyl (C=O) groups excluding carboxylic acids is 2. The predicted molar refractivity (Wildman–Crippen MR) is 99.5 cm³/mol. The van der Waals surface area contributed by atoms with Crippen LogP contribution in [0.4, 0.5) is 0 Å². The summed E-state index contributed by atoms with van der Waals surface area (Å²) in [6.45, 7) is -0.418. The maximum absolute atomic E-state index is 12.3. The molecule has 0 bridgehead atoms. The summed E-state index contributed by atoms with van der Waals surface area (Å²) in [4.78, 5) is 52.1. The highest BCUT2D eigenvalue weighted by atomic mass is 16.5. The molecule has 1 aromatic carbocycles. The van der Waals surface area contributed by atoms with Crippen LogP contribution in [0.25, 0.3) is 11.2 Å². The van der Waals surface area contributed by atoms with Crippen LogP contribution in [-0.4, -0.2) is 37.2 Å². The van der Waals surface area contributed by atoms with Gasteiger partial charge in [0.05, 0.1) is 6.33 Å². The topological polar surface area (TPSA) is 117 Å². The fourth-order valence-corrected chi connectivity index (χ4v) is 2.70. The summed E-state index contributed by atoms with van der Waals surface area (Å²) in [5.41, 5.74) is 0.120. The summed E-state index contributed by atoms with van der Waals surface area (Å²) in [7, 11) is 2.83. The molecular formula is C18H19N5O5. The first-order valence-electron chi connectivity index (χ1n) is 8.45. The lowest BCUT2D eigenvalue weighted by atomic mass is 10.2. The van der Waals surface area contributed by atoms with E-state index in [1.807, 2.05) is 30.3 Å². The minimum atomic E-state index is -0.704. The number of fused-ring (bicyclic) bond motifs is 1. The van der Waals surface area contributed by atoms with E-state index in [1.54, 1.807) is 0 Å². The van der Waals surface area contributed by atoms with Gasteiger partial charge in [-0.1, -0.05) is 30.3 Å². The monoisotopic (exact) mass is 385 g/mol. The van der Waals surface area contributed by atoms with E-state index in [0.29, 0.717) is 6.54 Å². The molecule has 0 saturated carbocycles. The van der Waals surface area contributed by atoms with Gasteiger partial charge in [0.1, 0.15) is 6.54 Å². The molecule has 146 valence electrons. The fourth-order valence-electron chi connectivity index (χ4n) is 2.70. The molecule has 3 aromatic rings. The Morgan fingerprint density at radius 3 is 2.54 bits per heavy atom. The van der Waals surface area contributed by atoms with E-state index in [2.05, 4.69) is 10.3 Å². The third-order valence-electron chi connectivity index (χ3n) is 4.21. The number of aryl methyl sites for hydroxylation is 1. The summed E-state index contributed by atoms with van der Waals surface area (Å²) in [6.07, 6.45) is 1.28. The first-order chi connectivity index (χ1) is 13.4. The van der Waals surface area contributed by atoms with Crippen molar-refractivity contribution in [1.82, 2.24) is 24.0 Å². The van der Waals surface area contributed by atoms with Crippen molar-refractivity contribution in [3.05, 3.63) is 63.1 Å². The number of nitrogens with zero attached hydrogens (tertiary/aromatic N) is 4. The third kappa shape index (κ3) is 3.85. The highest BCUT2D eigenvalue weighted by Crippen LogP contribution is 2.05. The summed E-state index contributed by atoms with van der Waals surface area (Å²) in [5.74, 6) is -1.14. The molecule has 0 aliphatic heterocycles. The maximum Gasteiger partial charge on any atom is 0.332 e. The Hall–Kier alpha value is -3.69. The Bertz CT molecular complexity index is 1140. The Morgan fingerprint density at radius 2 is 1.82 bits per heavy atom. The molecule has 1 amide bonds. The van der Waals surface area contributed by atoms with Crippen LogP contribution in [0.3, 0.4) is 0 Å². The van der Waals surface area contributed by atoms with Gasteiger partial charge in [-0.05, 0) is 5.56 Å². The van der Waals surface area contributed by atoms with Crippen LogP contribution in [0.1, 0.15) is 5.56 Å². The average Bonchev–Trinajstić information content (AvgIpc) is 3.12. The van der Waals surface area contributed by atoms with Crippen LogP contribution in [0.15, 0.2) is 46.2 Å². The fraction of sp³-hybridized carbons (Fsp3) is 0.278. The van der Waals surface area contributed by atoms with Gasteiger partial charge in [-0.25, -0.2) is 9.78 Å². The van der Waals surface area contributed by atoms with Gasteiger partial charge in [-0.15, -0.1) is 0 Å². The van der Waals surface area contributed by atoms with E-state index >= 15 is 0 Å². The Kier molecular flexibility index (Phi) is 5.39. The Labute approximate surface area is 159 Å². The van der Waals surface area contributed by atoms with Gasteiger partial charge in [0.15, 0.2) is 17.8 Å². The quantitative estimate of drug-likeness (QED) is 0.561. The number of nitrogens with one attached hydrogen (secondary N) is 1. The molecule has 0 spiro atoms. The van der Waals surface area contributed by atoms with Crippen LogP contribution < -0.4 is 16.6 Å². The lowest BCUT2D eigenvalue weighted by Gasteiger charge is -2.08. The maximum atomic E-state index is 12.3. The normalized spacial score (nSPS) is 10.8. The van der Waals surface area contributed by atoms with Gasteiger partial charge in [0.2, 0.25) is 0 Å². The number of hydrogen-bond acceptors (Lipinski definition) is 6. The van der Waals surface area contributed by atoms with Gasteiger partial charge >= 0.3 is 11.7 Å². The van der Waals surface area contributed by atoms with Gasteiger partial charge in [0, 0.05) is 20.6 Å². The number of ether oxygens (including phenoxy) is 1. The molecule has 0 atom stereocenters. The number of rotatable bonds is 6. The van der Waals surface area contributed by atoms with Crippen molar-refractivity contribution in [3.63, 3.8) is 0 Å². The SMILES string of the molecule is Cn1c(=O)c2c(ncn2CC(=O)OCC(=O)NCc2ccccc2)n(C)c1=O. The molecule has 0 unspecified atom stereocenters. The lowest BCUT2D eigenvalue weighted by molar-refractivity contribution is -0.149. The molecule has 0 radical (unpaired) electrons. The van der Waals surface area contributed by atoms with Crippen LogP contribution in [0.2, 0.25) is 0 Å². The van der Waals surface area contributed by atoms with E-state index < -0.39 is 29.7 Å². The second-order valence-electron chi connectivity index (χ2n) is 6.17. The standard InChI is InChI=1S/C18H19N5O5/c1-21-16-15(17(26)22(2)18(21)27)23(11-20-16)9-14(25)28-10-13(24)19-8-12-6-4-3-5-7-12/h3-7,11H,8-10H2,1-2H3,(H,19,24). The van der Waals surface area contributed by atoms with Crippen LogP contribution in [0.5, 0.6) is 0 Å². The first kappa shape index (κ1) is 19.1. The molecular weight excluding hydrogens is 366 g/mol. The van der Waals surface area contributed by atoms with E-state index in [4.69, 9.17) is 4.74 Å². The van der Waals surface area contributed by atoms with Gasteiger partial charge < -0.3 is 14.6 Å². The van der Waals surface area contributed by atoms with Crippen molar-refractivity contribution in [2.45, 2.75) is 13.1 Å². The van der Waals surface area contributed by atoms with Crippen LogP contribution >= 0.6 is 0 Å². The number of hydrogen-bond donors (Lipinski definition) is 1. The lowest BCUT2D eigenvalue weighted by Crippen LogP contribution is -2.37. The molecule has 10 heteroatoms. The summed E-state index contributed by atoms with van der Waals surface area (Å²) >= 11 is 0. The van der Waals surface area contributed by atoms with Crippen molar-refractivity contribution < 1.29 is 14.3 Å². The smallest absolute Gasteiger partial charge is 0.332 e. The molecule has 2 aromatic heterocycles. The molecule has 1 N–H and O–H groups in total. The van der Waals surface area contributed by atoms with E-state index in [0.717, 1.165) is 10.1 Å².